The number of nitrogens with one attached hydrogen (secondary N) is 1. The van der Waals surface area contributed by atoms with E-state index in [4.69, 9.17) is 4.74 Å². The molecule has 0 bridgehead atoms. The van der Waals surface area contributed by atoms with Crippen LogP contribution in [-0.4, -0.2) is 46.9 Å². The lowest BCUT2D eigenvalue weighted by molar-refractivity contribution is -0.151. The number of amides is 1. The van der Waals surface area contributed by atoms with Crippen molar-refractivity contribution in [2.24, 2.45) is 0 Å². The molecule has 1 amide bonds. The average molecular weight is 884 g/mol. The molecular formula is C57H105NO5. The molecule has 368 valence electrons. The maximum Gasteiger partial charge on any atom is 0.306 e. The summed E-state index contributed by atoms with van der Waals surface area (Å²) < 4.78 is 5.92. The highest BCUT2D eigenvalue weighted by Gasteiger charge is 2.24. The minimum atomic E-state index is -0.800. The number of unbranched alkanes of at least 4 members (excludes halogenated alkanes) is 29. The van der Waals surface area contributed by atoms with Crippen molar-refractivity contribution in [1.82, 2.24) is 5.32 Å². The van der Waals surface area contributed by atoms with E-state index in [0.717, 1.165) is 70.6 Å². The fourth-order valence-corrected chi connectivity index (χ4v) is 8.24. The summed E-state index contributed by atoms with van der Waals surface area (Å²) in [4.78, 5) is 26.2. The van der Waals surface area contributed by atoms with Crippen LogP contribution in [0.2, 0.25) is 0 Å². The third-order valence-electron chi connectivity index (χ3n) is 12.4. The molecule has 3 unspecified atom stereocenters. The zero-order valence-corrected chi connectivity index (χ0v) is 42.0. The van der Waals surface area contributed by atoms with Crippen LogP contribution >= 0.6 is 0 Å². The molecule has 0 saturated heterocycles. The Labute approximate surface area is 391 Å². The molecule has 3 atom stereocenters. The van der Waals surface area contributed by atoms with Gasteiger partial charge >= 0.3 is 5.97 Å². The second kappa shape index (κ2) is 50.8. The van der Waals surface area contributed by atoms with Crippen molar-refractivity contribution in [2.75, 3.05) is 6.61 Å². The van der Waals surface area contributed by atoms with Crippen molar-refractivity contribution in [2.45, 2.75) is 296 Å². The first-order valence-electron chi connectivity index (χ1n) is 27.4. The summed E-state index contributed by atoms with van der Waals surface area (Å²) in [7, 11) is 0. The number of hydrogen-bond donors (Lipinski definition) is 3. The summed E-state index contributed by atoms with van der Waals surface area (Å²) >= 11 is 0. The summed E-state index contributed by atoms with van der Waals surface area (Å²) in [5.41, 5.74) is 0. The number of carbonyl (C=O) groups is 2. The first-order chi connectivity index (χ1) is 31.0. The van der Waals surface area contributed by atoms with E-state index in [9.17, 15) is 19.8 Å². The maximum absolute atomic E-state index is 13.2. The standard InChI is InChI=1S/C57H105NO5/c1-4-7-10-13-16-19-22-24-26-28-30-32-34-36-39-42-45-48-53(51-56(61)58-54(52-59)55(60)49-46-43-40-37-21-18-15-12-9-6-3)63-57(62)50-47-44-41-38-35-33-31-29-27-25-23-20-17-14-11-8-5-2/h16,19,24,26,30,32,36,39,53-55,59-60H,4-15,17-18,20-23,25,27-29,31,33-35,37-38,40-52H2,1-3H3,(H,58,61)/b19-16-,26-24-,32-30-,39-36-. The Bertz CT molecular complexity index is 1080. The van der Waals surface area contributed by atoms with Crippen molar-refractivity contribution in [3.63, 3.8) is 0 Å². The van der Waals surface area contributed by atoms with Crippen molar-refractivity contribution in [3.8, 4) is 0 Å². The Hall–Kier alpha value is -2.18. The molecule has 0 saturated carbocycles. The lowest BCUT2D eigenvalue weighted by atomic mass is 10.0. The van der Waals surface area contributed by atoms with Crippen LogP contribution < -0.4 is 5.32 Å². The fraction of sp³-hybridized carbons (Fsp3) is 0.825. The minimum absolute atomic E-state index is 0.0425. The highest BCUT2D eigenvalue weighted by molar-refractivity contribution is 5.77. The van der Waals surface area contributed by atoms with Gasteiger partial charge in [0, 0.05) is 6.42 Å². The van der Waals surface area contributed by atoms with Crippen molar-refractivity contribution < 1.29 is 24.5 Å². The van der Waals surface area contributed by atoms with Gasteiger partial charge in [0.05, 0.1) is 25.2 Å². The van der Waals surface area contributed by atoms with E-state index in [1.54, 1.807) is 0 Å². The first kappa shape index (κ1) is 60.8. The Morgan fingerprint density at radius 2 is 0.825 bits per heavy atom. The Morgan fingerprint density at radius 3 is 1.25 bits per heavy atom. The van der Waals surface area contributed by atoms with Crippen molar-refractivity contribution in [3.05, 3.63) is 48.6 Å². The van der Waals surface area contributed by atoms with Crippen LogP contribution in [0.15, 0.2) is 48.6 Å². The van der Waals surface area contributed by atoms with Gasteiger partial charge in [-0.15, -0.1) is 0 Å². The van der Waals surface area contributed by atoms with Gasteiger partial charge < -0.3 is 20.3 Å². The molecule has 0 rings (SSSR count). The van der Waals surface area contributed by atoms with E-state index in [1.165, 1.54) is 161 Å². The lowest BCUT2D eigenvalue weighted by Crippen LogP contribution is -2.46. The zero-order chi connectivity index (χ0) is 45.9. The first-order valence-corrected chi connectivity index (χ1v) is 27.4. The molecule has 0 radical (unpaired) electrons. The summed E-state index contributed by atoms with van der Waals surface area (Å²) in [6.45, 7) is 6.45. The second-order valence-electron chi connectivity index (χ2n) is 18.6. The zero-order valence-electron chi connectivity index (χ0n) is 42.0. The van der Waals surface area contributed by atoms with Crippen LogP contribution in [-0.2, 0) is 14.3 Å². The molecule has 0 spiro atoms. The van der Waals surface area contributed by atoms with E-state index in [1.807, 2.05) is 0 Å². The lowest BCUT2D eigenvalue weighted by Gasteiger charge is -2.24. The smallest absolute Gasteiger partial charge is 0.306 e. The normalized spacial score (nSPS) is 13.5. The highest BCUT2D eigenvalue weighted by Crippen LogP contribution is 2.18. The molecule has 0 aromatic rings. The van der Waals surface area contributed by atoms with Gasteiger partial charge in [-0.2, -0.15) is 0 Å². The van der Waals surface area contributed by atoms with Gasteiger partial charge in [0.2, 0.25) is 5.91 Å². The van der Waals surface area contributed by atoms with Gasteiger partial charge in [-0.1, -0.05) is 249 Å². The second-order valence-corrected chi connectivity index (χ2v) is 18.6. The fourth-order valence-electron chi connectivity index (χ4n) is 8.24. The molecule has 0 aromatic heterocycles. The maximum atomic E-state index is 13.2. The molecule has 0 fully saturated rings. The number of hydrogen-bond acceptors (Lipinski definition) is 5. The molecular weight excluding hydrogens is 779 g/mol. The van der Waals surface area contributed by atoms with E-state index in [0.29, 0.717) is 19.3 Å². The summed E-state index contributed by atoms with van der Waals surface area (Å²) in [5, 5.41) is 23.7. The summed E-state index contributed by atoms with van der Waals surface area (Å²) in [5.74, 6) is -0.518. The van der Waals surface area contributed by atoms with E-state index >= 15 is 0 Å². The van der Waals surface area contributed by atoms with Gasteiger partial charge in [-0.25, -0.2) is 0 Å². The molecule has 0 aromatic carbocycles. The number of carbonyl (C=O) groups excluding carboxylic acids is 2. The Kier molecular flexibility index (Phi) is 49.1. The van der Waals surface area contributed by atoms with Crippen LogP contribution in [0.1, 0.15) is 278 Å². The van der Waals surface area contributed by atoms with E-state index < -0.39 is 18.2 Å². The number of allylic oxidation sites excluding steroid dienone is 8. The average Bonchev–Trinajstić information content (AvgIpc) is 3.28. The Morgan fingerprint density at radius 1 is 0.460 bits per heavy atom. The van der Waals surface area contributed by atoms with Crippen LogP contribution in [0.5, 0.6) is 0 Å². The molecule has 0 aliphatic rings. The van der Waals surface area contributed by atoms with Gasteiger partial charge in [0.15, 0.2) is 0 Å². The van der Waals surface area contributed by atoms with E-state index in [2.05, 4.69) is 74.7 Å². The Balaban J connectivity index is 4.64. The number of aliphatic hydroxyl groups is 2. The SMILES string of the molecule is CCCCC/C=C\C/C=C\C/C=C\C/C=C\CCCC(CC(=O)NC(CO)C(O)CCCCCCCCCCCC)OC(=O)CCCCCCCCCCCCCCCCCCC. The number of esters is 1. The van der Waals surface area contributed by atoms with Gasteiger partial charge in [0.1, 0.15) is 6.10 Å². The van der Waals surface area contributed by atoms with Gasteiger partial charge in [-0.3, -0.25) is 9.59 Å². The molecule has 3 N–H and O–H groups in total. The largest absolute Gasteiger partial charge is 0.462 e. The third-order valence-corrected chi connectivity index (χ3v) is 12.4. The predicted octanol–water partition coefficient (Wildman–Crippen LogP) is 16.6. The molecule has 0 heterocycles. The van der Waals surface area contributed by atoms with Crippen molar-refractivity contribution in [1.29, 1.82) is 0 Å². The molecule has 0 aliphatic carbocycles. The van der Waals surface area contributed by atoms with Crippen LogP contribution in [0, 0.1) is 0 Å². The van der Waals surface area contributed by atoms with E-state index in [-0.39, 0.29) is 24.9 Å². The number of aliphatic hydroxyl groups excluding tert-OH is 2. The molecule has 6 heteroatoms. The monoisotopic (exact) mass is 884 g/mol. The quantitative estimate of drug-likeness (QED) is 0.0321. The van der Waals surface area contributed by atoms with Crippen LogP contribution in [0.4, 0.5) is 0 Å². The predicted molar refractivity (Wildman–Crippen MR) is 273 cm³/mol. The number of ether oxygens (including phenoxy) is 1. The summed E-state index contributed by atoms with van der Waals surface area (Å²) in [6, 6.07) is -0.717. The minimum Gasteiger partial charge on any atom is -0.462 e. The van der Waals surface area contributed by atoms with Crippen molar-refractivity contribution >= 4 is 11.9 Å². The molecule has 6 nitrogen and oxygen atoms in total. The van der Waals surface area contributed by atoms with Crippen LogP contribution in [0.25, 0.3) is 0 Å². The van der Waals surface area contributed by atoms with Crippen LogP contribution in [0.3, 0.4) is 0 Å². The van der Waals surface area contributed by atoms with Gasteiger partial charge in [-0.05, 0) is 64.2 Å². The third kappa shape index (κ3) is 46.2. The number of rotatable bonds is 49. The topological polar surface area (TPSA) is 95.9 Å². The van der Waals surface area contributed by atoms with Gasteiger partial charge in [0.25, 0.3) is 0 Å². The summed E-state index contributed by atoms with van der Waals surface area (Å²) in [6.07, 6.45) is 61.8. The highest BCUT2D eigenvalue weighted by atomic mass is 16.5. The molecule has 63 heavy (non-hydrogen) atoms. The molecule has 0 aliphatic heterocycles.